The second-order valence-corrected chi connectivity index (χ2v) is 8.75. The summed E-state index contributed by atoms with van der Waals surface area (Å²) in [6.45, 7) is 3.70. The SMILES string of the molecule is COc1ccc(S(=O)(=O)N2CCCN(C(=O)C3CCC3)CC2)c(C)c1. The highest BCUT2D eigenvalue weighted by Crippen LogP contribution is 2.29. The van der Waals surface area contributed by atoms with E-state index < -0.39 is 10.0 Å². The first kappa shape index (κ1) is 18.2. The average molecular weight is 366 g/mol. The molecule has 0 bridgehead atoms. The van der Waals surface area contributed by atoms with E-state index in [0.29, 0.717) is 48.8 Å². The zero-order valence-corrected chi connectivity index (χ0v) is 15.7. The van der Waals surface area contributed by atoms with Crippen molar-refractivity contribution >= 4 is 15.9 Å². The minimum atomic E-state index is -3.56. The van der Waals surface area contributed by atoms with Crippen molar-refractivity contribution in [2.45, 2.75) is 37.5 Å². The van der Waals surface area contributed by atoms with Crippen LogP contribution in [0.25, 0.3) is 0 Å². The summed E-state index contributed by atoms with van der Waals surface area (Å²) >= 11 is 0. The molecule has 1 aromatic rings. The predicted molar refractivity (Wildman–Crippen MR) is 95.0 cm³/mol. The molecule has 0 aromatic heterocycles. The van der Waals surface area contributed by atoms with Crippen molar-refractivity contribution in [3.8, 4) is 5.75 Å². The third-order valence-corrected chi connectivity index (χ3v) is 7.28. The van der Waals surface area contributed by atoms with Crippen LogP contribution in [0.4, 0.5) is 0 Å². The number of amides is 1. The Hall–Kier alpha value is -1.60. The fourth-order valence-corrected chi connectivity index (χ4v) is 5.12. The molecule has 1 aliphatic carbocycles. The molecule has 0 atom stereocenters. The second-order valence-electron chi connectivity index (χ2n) is 6.84. The van der Waals surface area contributed by atoms with Gasteiger partial charge in [-0.05, 0) is 49.9 Å². The number of hydrogen-bond donors (Lipinski definition) is 0. The largest absolute Gasteiger partial charge is 0.497 e. The van der Waals surface area contributed by atoms with Gasteiger partial charge in [0.15, 0.2) is 0 Å². The van der Waals surface area contributed by atoms with Crippen LogP contribution < -0.4 is 4.74 Å². The molecule has 0 N–H and O–H groups in total. The molecule has 138 valence electrons. The Labute approximate surface area is 149 Å². The zero-order chi connectivity index (χ0) is 18.0. The molecule has 25 heavy (non-hydrogen) atoms. The minimum Gasteiger partial charge on any atom is -0.497 e. The third-order valence-electron chi connectivity index (χ3n) is 5.22. The van der Waals surface area contributed by atoms with Gasteiger partial charge in [0.1, 0.15) is 5.75 Å². The summed E-state index contributed by atoms with van der Waals surface area (Å²) < 4.78 is 32.7. The summed E-state index contributed by atoms with van der Waals surface area (Å²) in [4.78, 5) is 14.6. The summed E-state index contributed by atoms with van der Waals surface area (Å²) in [6, 6.07) is 5.01. The molecular weight excluding hydrogens is 340 g/mol. The molecule has 2 fully saturated rings. The molecule has 1 aliphatic heterocycles. The van der Waals surface area contributed by atoms with E-state index in [-0.39, 0.29) is 11.8 Å². The van der Waals surface area contributed by atoms with Gasteiger partial charge in [0.25, 0.3) is 0 Å². The maximum atomic E-state index is 13.0. The van der Waals surface area contributed by atoms with Crippen molar-refractivity contribution in [1.29, 1.82) is 0 Å². The topological polar surface area (TPSA) is 66.9 Å². The minimum absolute atomic E-state index is 0.159. The van der Waals surface area contributed by atoms with Crippen LogP contribution in [0.15, 0.2) is 23.1 Å². The van der Waals surface area contributed by atoms with Gasteiger partial charge in [-0.2, -0.15) is 4.31 Å². The fraction of sp³-hybridized carbons (Fsp3) is 0.611. The van der Waals surface area contributed by atoms with Crippen molar-refractivity contribution in [3.63, 3.8) is 0 Å². The fourth-order valence-electron chi connectivity index (χ4n) is 3.45. The number of ether oxygens (including phenoxy) is 1. The molecule has 0 unspecified atom stereocenters. The molecular formula is C18H26N2O4S. The van der Waals surface area contributed by atoms with Gasteiger partial charge in [-0.1, -0.05) is 6.42 Å². The number of methoxy groups -OCH3 is 1. The Morgan fingerprint density at radius 3 is 2.48 bits per heavy atom. The molecule has 1 amide bonds. The maximum absolute atomic E-state index is 13.0. The molecule has 2 aliphatic rings. The molecule has 1 aromatic carbocycles. The van der Waals surface area contributed by atoms with Gasteiger partial charge in [-0.25, -0.2) is 8.42 Å². The maximum Gasteiger partial charge on any atom is 0.243 e. The lowest BCUT2D eigenvalue weighted by Gasteiger charge is -2.31. The number of rotatable bonds is 4. The number of benzene rings is 1. The third kappa shape index (κ3) is 3.67. The molecule has 6 nitrogen and oxygen atoms in total. The van der Waals surface area contributed by atoms with Crippen LogP contribution in [0.3, 0.4) is 0 Å². The van der Waals surface area contributed by atoms with Crippen molar-refractivity contribution in [1.82, 2.24) is 9.21 Å². The molecule has 3 rings (SSSR count). The quantitative estimate of drug-likeness (QED) is 0.818. The molecule has 0 spiro atoms. The van der Waals surface area contributed by atoms with E-state index in [1.165, 1.54) is 4.31 Å². The number of nitrogens with zero attached hydrogens (tertiary/aromatic N) is 2. The van der Waals surface area contributed by atoms with Gasteiger partial charge in [0, 0.05) is 32.1 Å². The lowest BCUT2D eigenvalue weighted by molar-refractivity contribution is -0.138. The first-order valence-electron chi connectivity index (χ1n) is 8.87. The number of carbonyl (C=O) groups is 1. The second kappa shape index (κ2) is 7.33. The number of carbonyl (C=O) groups excluding carboxylic acids is 1. The normalized spacial score (nSPS) is 20.0. The van der Waals surface area contributed by atoms with E-state index in [2.05, 4.69) is 0 Å². The van der Waals surface area contributed by atoms with Gasteiger partial charge in [-0.15, -0.1) is 0 Å². The van der Waals surface area contributed by atoms with E-state index in [0.717, 1.165) is 19.3 Å². The van der Waals surface area contributed by atoms with Crippen LogP contribution in [0, 0.1) is 12.8 Å². The smallest absolute Gasteiger partial charge is 0.243 e. The van der Waals surface area contributed by atoms with E-state index in [9.17, 15) is 13.2 Å². The summed E-state index contributed by atoms with van der Waals surface area (Å²) in [5, 5.41) is 0. The molecule has 7 heteroatoms. The molecule has 0 radical (unpaired) electrons. The van der Waals surface area contributed by atoms with E-state index >= 15 is 0 Å². The molecule has 1 saturated heterocycles. The van der Waals surface area contributed by atoms with Crippen molar-refractivity contribution in [3.05, 3.63) is 23.8 Å². The van der Waals surface area contributed by atoms with Crippen LogP contribution in [-0.4, -0.2) is 56.8 Å². The first-order valence-corrected chi connectivity index (χ1v) is 10.3. The van der Waals surface area contributed by atoms with Crippen LogP contribution in [0.5, 0.6) is 5.75 Å². The van der Waals surface area contributed by atoms with E-state index in [1.54, 1.807) is 32.2 Å². The summed E-state index contributed by atoms with van der Waals surface area (Å²) in [5.74, 6) is 1.00. The van der Waals surface area contributed by atoms with Gasteiger partial charge >= 0.3 is 0 Å². The highest BCUT2D eigenvalue weighted by atomic mass is 32.2. The zero-order valence-electron chi connectivity index (χ0n) is 14.9. The lowest BCUT2D eigenvalue weighted by atomic mass is 9.84. The van der Waals surface area contributed by atoms with Crippen LogP contribution in [0.1, 0.15) is 31.2 Å². The summed E-state index contributed by atoms with van der Waals surface area (Å²) in [7, 11) is -2.00. The highest BCUT2D eigenvalue weighted by Gasteiger charge is 2.33. The monoisotopic (exact) mass is 366 g/mol. The van der Waals surface area contributed by atoms with Gasteiger partial charge < -0.3 is 9.64 Å². The van der Waals surface area contributed by atoms with Gasteiger partial charge in [0.05, 0.1) is 12.0 Å². The van der Waals surface area contributed by atoms with Gasteiger partial charge in [0.2, 0.25) is 15.9 Å². The average Bonchev–Trinajstić information content (AvgIpc) is 2.79. The van der Waals surface area contributed by atoms with E-state index in [1.807, 2.05) is 4.90 Å². The van der Waals surface area contributed by atoms with Crippen molar-refractivity contribution in [2.24, 2.45) is 5.92 Å². The van der Waals surface area contributed by atoms with Crippen LogP contribution in [0.2, 0.25) is 0 Å². The highest BCUT2D eigenvalue weighted by molar-refractivity contribution is 7.89. The lowest BCUT2D eigenvalue weighted by Crippen LogP contribution is -2.41. The Kier molecular flexibility index (Phi) is 5.34. The molecule has 1 heterocycles. The number of sulfonamides is 1. The Bertz CT molecular complexity index is 743. The Morgan fingerprint density at radius 1 is 1.12 bits per heavy atom. The van der Waals surface area contributed by atoms with E-state index in [4.69, 9.17) is 4.74 Å². The number of aryl methyl sites for hydroxylation is 1. The summed E-state index contributed by atoms with van der Waals surface area (Å²) in [5.41, 5.74) is 0.672. The van der Waals surface area contributed by atoms with Crippen LogP contribution >= 0.6 is 0 Å². The first-order chi connectivity index (χ1) is 11.9. The Morgan fingerprint density at radius 2 is 1.88 bits per heavy atom. The van der Waals surface area contributed by atoms with Crippen LogP contribution in [-0.2, 0) is 14.8 Å². The van der Waals surface area contributed by atoms with Crippen molar-refractivity contribution in [2.75, 3.05) is 33.3 Å². The van der Waals surface area contributed by atoms with Crippen molar-refractivity contribution < 1.29 is 17.9 Å². The number of hydrogen-bond acceptors (Lipinski definition) is 4. The Balaban J connectivity index is 1.73. The predicted octanol–water partition coefficient (Wildman–Crippen LogP) is 2.03. The van der Waals surface area contributed by atoms with Gasteiger partial charge in [-0.3, -0.25) is 4.79 Å². The summed E-state index contributed by atoms with van der Waals surface area (Å²) in [6.07, 6.45) is 3.75. The standard InChI is InChI=1S/C18H26N2O4S/c1-14-13-16(24-2)7-8-17(14)25(22,23)20-10-4-9-19(11-12-20)18(21)15-5-3-6-15/h7-8,13,15H,3-6,9-12H2,1-2H3. The molecule has 1 saturated carbocycles.